The van der Waals surface area contributed by atoms with E-state index >= 15 is 0 Å². The van der Waals surface area contributed by atoms with Gasteiger partial charge in [-0.2, -0.15) is 5.26 Å². The number of thiazole rings is 1. The Balaban J connectivity index is 1.76. The van der Waals surface area contributed by atoms with Gasteiger partial charge in [0, 0.05) is 30.5 Å². The molecule has 22 heavy (non-hydrogen) atoms. The van der Waals surface area contributed by atoms with Crippen LogP contribution in [-0.2, 0) is 6.54 Å². The van der Waals surface area contributed by atoms with Crippen LogP contribution < -0.4 is 5.32 Å². The number of amides is 1. The highest BCUT2D eigenvalue weighted by Gasteiger charge is 2.13. The Kier molecular flexibility index (Phi) is 3.94. The van der Waals surface area contributed by atoms with Gasteiger partial charge in [-0.05, 0) is 29.8 Å². The summed E-state index contributed by atoms with van der Waals surface area (Å²) in [5.74, 6) is -0.252. The van der Waals surface area contributed by atoms with Gasteiger partial charge in [-0.3, -0.25) is 15.1 Å². The van der Waals surface area contributed by atoms with Gasteiger partial charge in [-0.1, -0.05) is 0 Å². The first-order valence-electron chi connectivity index (χ1n) is 6.47. The van der Waals surface area contributed by atoms with Gasteiger partial charge in [0.15, 0.2) is 10.8 Å². The zero-order valence-electron chi connectivity index (χ0n) is 11.4. The minimum atomic E-state index is -0.252. The molecule has 0 saturated carbocycles. The molecule has 3 aromatic rings. The van der Waals surface area contributed by atoms with Crippen LogP contribution in [0.25, 0.3) is 0 Å². The van der Waals surface area contributed by atoms with Crippen molar-refractivity contribution < 1.29 is 4.79 Å². The molecule has 3 aromatic heterocycles. The van der Waals surface area contributed by atoms with Gasteiger partial charge in [0.05, 0.1) is 0 Å². The van der Waals surface area contributed by atoms with Gasteiger partial charge in [-0.25, -0.2) is 4.98 Å². The number of rotatable bonds is 4. The van der Waals surface area contributed by atoms with Crippen molar-refractivity contribution in [2.75, 3.05) is 5.32 Å². The summed E-state index contributed by atoms with van der Waals surface area (Å²) < 4.78 is 1.85. The molecule has 0 spiro atoms. The highest BCUT2D eigenvalue weighted by atomic mass is 32.1. The first-order chi connectivity index (χ1) is 10.8. The van der Waals surface area contributed by atoms with Crippen LogP contribution in [0.3, 0.4) is 0 Å². The summed E-state index contributed by atoms with van der Waals surface area (Å²) in [6.07, 6.45) is 5.28. The second-order valence-corrected chi connectivity index (χ2v) is 5.34. The third kappa shape index (κ3) is 3.02. The minimum Gasteiger partial charge on any atom is -0.339 e. The molecular formula is C15H11N5OS. The SMILES string of the molecule is N#Cc1csc(NC(=O)c2cccn2Cc2ccncc2)n1. The second kappa shape index (κ2) is 6.20. The van der Waals surface area contributed by atoms with Crippen molar-refractivity contribution >= 4 is 22.4 Å². The average Bonchev–Trinajstić information content (AvgIpc) is 3.17. The predicted octanol–water partition coefficient (Wildman–Crippen LogP) is 2.51. The Morgan fingerprint density at radius 1 is 1.36 bits per heavy atom. The van der Waals surface area contributed by atoms with Crippen LogP contribution in [-0.4, -0.2) is 20.4 Å². The second-order valence-electron chi connectivity index (χ2n) is 4.48. The maximum absolute atomic E-state index is 12.3. The largest absolute Gasteiger partial charge is 0.339 e. The highest BCUT2D eigenvalue weighted by molar-refractivity contribution is 7.14. The molecule has 3 heterocycles. The molecule has 0 bridgehead atoms. The molecule has 6 nitrogen and oxygen atoms in total. The Bertz CT molecular complexity index is 831. The van der Waals surface area contributed by atoms with E-state index in [1.54, 1.807) is 23.8 Å². The maximum atomic E-state index is 12.3. The smallest absolute Gasteiger partial charge is 0.274 e. The van der Waals surface area contributed by atoms with E-state index in [2.05, 4.69) is 15.3 Å². The van der Waals surface area contributed by atoms with Crippen LogP contribution in [0.4, 0.5) is 5.13 Å². The standard InChI is InChI=1S/C15H11N5OS/c16-8-12-10-22-15(18-12)19-14(21)13-2-1-7-20(13)9-11-3-5-17-6-4-11/h1-7,10H,9H2,(H,18,19,21). The molecule has 0 aliphatic rings. The normalized spacial score (nSPS) is 10.1. The first kappa shape index (κ1) is 14.0. The number of aromatic nitrogens is 3. The van der Waals surface area contributed by atoms with E-state index in [0.717, 1.165) is 5.56 Å². The van der Waals surface area contributed by atoms with E-state index in [9.17, 15) is 4.79 Å². The van der Waals surface area contributed by atoms with E-state index in [1.807, 2.05) is 35.0 Å². The van der Waals surface area contributed by atoms with Crippen LogP contribution in [0.5, 0.6) is 0 Å². The zero-order valence-corrected chi connectivity index (χ0v) is 12.2. The van der Waals surface area contributed by atoms with Crippen LogP contribution in [0.1, 0.15) is 21.7 Å². The van der Waals surface area contributed by atoms with Crippen molar-refractivity contribution in [3.63, 3.8) is 0 Å². The number of carbonyl (C=O) groups excluding carboxylic acids is 1. The van der Waals surface area contributed by atoms with E-state index in [-0.39, 0.29) is 5.91 Å². The zero-order chi connectivity index (χ0) is 15.4. The molecule has 0 fully saturated rings. The van der Waals surface area contributed by atoms with E-state index < -0.39 is 0 Å². The number of pyridine rings is 1. The third-order valence-electron chi connectivity index (χ3n) is 3.00. The predicted molar refractivity (Wildman–Crippen MR) is 82.6 cm³/mol. The highest BCUT2D eigenvalue weighted by Crippen LogP contribution is 2.16. The summed E-state index contributed by atoms with van der Waals surface area (Å²) >= 11 is 1.23. The topological polar surface area (TPSA) is 83.6 Å². The summed E-state index contributed by atoms with van der Waals surface area (Å²) in [6, 6.07) is 9.31. The molecule has 0 aromatic carbocycles. The van der Waals surface area contributed by atoms with Gasteiger partial charge in [0.1, 0.15) is 11.8 Å². The molecule has 0 saturated heterocycles. The maximum Gasteiger partial charge on any atom is 0.274 e. The lowest BCUT2D eigenvalue weighted by molar-refractivity contribution is 0.101. The van der Waals surface area contributed by atoms with Gasteiger partial charge in [0.2, 0.25) is 0 Å². The monoisotopic (exact) mass is 309 g/mol. The Morgan fingerprint density at radius 3 is 2.91 bits per heavy atom. The van der Waals surface area contributed by atoms with Crippen molar-refractivity contribution in [1.29, 1.82) is 5.26 Å². The lowest BCUT2D eigenvalue weighted by Gasteiger charge is -2.08. The Labute approximate surface area is 130 Å². The summed E-state index contributed by atoms with van der Waals surface area (Å²) in [5.41, 5.74) is 1.89. The van der Waals surface area contributed by atoms with Crippen molar-refractivity contribution in [1.82, 2.24) is 14.5 Å². The third-order valence-corrected chi connectivity index (χ3v) is 3.76. The number of hydrogen-bond donors (Lipinski definition) is 1. The van der Waals surface area contributed by atoms with Crippen LogP contribution in [0, 0.1) is 11.3 Å². The van der Waals surface area contributed by atoms with Crippen molar-refractivity contribution in [2.45, 2.75) is 6.54 Å². The molecule has 0 radical (unpaired) electrons. The summed E-state index contributed by atoms with van der Waals surface area (Å²) in [4.78, 5) is 20.3. The molecule has 0 unspecified atom stereocenters. The lowest BCUT2D eigenvalue weighted by Crippen LogP contribution is -2.17. The summed E-state index contributed by atoms with van der Waals surface area (Å²) in [6.45, 7) is 0.583. The Hall–Kier alpha value is -2.98. The van der Waals surface area contributed by atoms with Crippen molar-refractivity contribution in [2.24, 2.45) is 0 Å². The fraction of sp³-hybridized carbons (Fsp3) is 0.0667. The molecule has 1 N–H and O–H groups in total. The minimum absolute atomic E-state index is 0.252. The Morgan fingerprint density at radius 2 is 2.18 bits per heavy atom. The molecule has 108 valence electrons. The fourth-order valence-electron chi connectivity index (χ4n) is 1.99. The van der Waals surface area contributed by atoms with Gasteiger partial charge < -0.3 is 4.57 Å². The van der Waals surface area contributed by atoms with Gasteiger partial charge in [0.25, 0.3) is 5.91 Å². The number of hydrogen-bond acceptors (Lipinski definition) is 5. The molecule has 0 aliphatic heterocycles. The number of carbonyl (C=O) groups is 1. The molecule has 1 amide bonds. The molecule has 7 heteroatoms. The van der Waals surface area contributed by atoms with Crippen molar-refractivity contribution in [3.05, 3.63) is 65.2 Å². The number of nitriles is 1. The van der Waals surface area contributed by atoms with Gasteiger partial charge in [-0.15, -0.1) is 11.3 Å². The molecule has 3 rings (SSSR count). The summed E-state index contributed by atoms with van der Waals surface area (Å²) in [5, 5.41) is 13.5. The number of nitrogens with zero attached hydrogens (tertiary/aromatic N) is 4. The summed E-state index contributed by atoms with van der Waals surface area (Å²) in [7, 11) is 0. The van der Waals surface area contributed by atoms with Crippen LogP contribution in [0.15, 0.2) is 48.2 Å². The average molecular weight is 309 g/mol. The lowest BCUT2D eigenvalue weighted by atomic mass is 10.2. The van der Waals surface area contributed by atoms with Crippen LogP contribution >= 0.6 is 11.3 Å². The van der Waals surface area contributed by atoms with Crippen LogP contribution in [0.2, 0.25) is 0 Å². The fourth-order valence-corrected chi connectivity index (χ4v) is 2.62. The van der Waals surface area contributed by atoms with Crippen molar-refractivity contribution in [3.8, 4) is 6.07 Å². The molecule has 0 aliphatic carbocycles. The van der Waals surface area contributed by atoms with E-state index in [1.165, 1.54) is 11.3 Å². The van der Waals surface area contributed by atoms with E-state index in [4.69, 9.17) is 5.26 Å². The number of nitrogens with one attached hydrogen (secondary N) is 1. The quantitative estimate of drug-likeness (QED) is 0.802. The molecular weight excluding hydrogens is 298 g/mol. The van der Waals surface area contributed by atoms with E-state index in [0.29, 0.717) is 23.1 Å². The van der Waals surface area contributed by atoms with Gasteiger partial charge >= 0.3 is 0 Å². The first-order valence-corrected chi connectivity index (χ1v) is 7.35. The number of anilines is 1. The molecule has 0 atom stereocenters.